The van der Waals surface area contributed by atoms with E-state index in [-0.39, 0.29) is 24.3 Å². The second kappa shape index (κ2) is 4.95. The van der Waals surface area contributed by atoms with E-state index in [9.17, 15) is 0 Å². The van der Waals surface area contributed by atoms with Crippen LogP contribution in [0.5, 0.6) is 0 Å². The van der Waals surface area contributed by atoms with Gasteiger partial charge in [0.2, 0.25) is 0 Å². The van der Waals surface area contributed by atoms with E-state index in [4.69, 9.17) is 18.9 Å². The molecule has 1 aliphatic rings. The SMILES string of the molecule is B[C@@H]1O[C@H](COC)C(OC)[C@@H]1OC. The van der Waals surface area contributed by atoms with Crippen LogP contribution >= 0.6 is 0 Å². The first-order chi connectivity index (χ1) is 6.24. The molecule has 0 bridgehead atoms. The van der Waals surface area contributed by atoms with E-state index in [1.807, 2.05) is 7.85 Å². The lowest BCUT2D eigenvalue weighted by atomic mass is 9.93. The average molecular weight is 188 g/mol. The Balaban J connectivity index is 2.57. The largest absolute Gasteiger partial charge is 0.382 e. The van der Waals surface area contributed by atoms with Crippen LogP contribution in [0.25, 0.3) is 0 Å². The summed E-state index contributed by atoms with van der Waals surface area (Å²) in [6, 6.07) is 0.0649. The minimum Gasteiger partial charge on any atom is -0.382 e. The topological polar surface area (TPSA) is 36.9 Å². The van der Waals surface area contributed by atoms with Gasteiger partial charge in [-0.1, -0.05) is 0 Å². The van der Waals surface area contributed by atoms with Crippen molar-refractivity contribution in [1.82, 2.24) is 0 Å². The van der Waals surface area contributed by atoms with E-state index in [2.05, 4.69) is 0 Å². The predicted molar refractivity (Wildman–Crippen MR) is 50.7 cm³/mol. The highest BCUT2D eigenvalue weighted by molar-refractivity contribution is 6.11. The molecular weight excluding hydrogens is 171 g/mol. The maximum absolute atomic E-state index is 5.63. The first-order valence-corrected chi connectivity index (χ1v) is 4.44. The van der Waals surface area contributed by atoms with Crippen molar-refractivity contribution in [3.63, 3.8) is 0 Å². The van der Waals surface area contributed by atoms with Crippen LogP contribution in [0.1, 0.15) is 0 Å². The molecule has 0 radical (unpaired) electrons. The number of methoxy groups -OCH3 is 3. The van der Waals surface area contributed by atoms with Gasteiger partial charge < -0.3 is 18.9 Å². The molecule has 76 valence electrons. The van der Waals surface area contributed by atoms with Gasteiger partial charge in [-0.25, -0.2) is 0 Å². The summed E-state index contributed by atoms with van der Waals surface area (Å²) in [5.74, 6) is 0. The highest BCUT2D eigenvalue weighted by atomic mass is 16.6. The highest BCUT2D eigenvalue weighted by Crippen LogP contribution is 2.24. The number of ether oxygens (including phenoxy) is 4. The van der Waals surface area contributed by atoms with Gasteiger partial charge in [-0.15, -0.1) is 0 Å². The third-order valence-electron chi connectivity index (χ3n) is 2.42. The third kappa shape index (κ3) is 2.23. The molecular formula is C8H17BO4. The maximum Gasteiger partial charge on any atom is 0.142 e. The van der Waals surface area contributed by atoms with Crippen molar-refractivity contribution < 1.29 is 18.9 Å². The highest BCUT2D eigenvalue weighted by Gasteiger charge is 2.42. The summed E-state index contributed by atoms with van der Waals surface area (Å²) in [5, 5.41) is 0. The first kappa shape index (κ1) is 11.0. The fourth-order valence-electron chi connectivity index (χ4n) is 1.82. The zero-order chi connectivity index (χ0) is 9.84. The molecule has 4 atom stereocenters. The lowest BCUT2D eigenvalue weighted by Gasteiger charge is -2.20. The average Bonchev–Trinajstić information content (AvgIpc) is 2.41. The summed E-state index contributed by atoms with van der Waals surface area (Å²) < 4.78 is 21.3. The maximum atomic E-state index is 5.63. The van der Waals surface area contributed by atoms with Crippen LogP contribution in [0.3, 0.4) is 0 Å². The van der Waals surface area contributed by atoms with Crippen molar-refractivity contribution in [2.45, 2.75) is 24.3 Å². The second-order valence-electron chi connectivity index (χ2n) is 3.24. The molecule has 1 saturated heterocycles. The van der Waals surface area contributed by atoms with Gasteiger partial charge in [0.05, 0.1) is 12.6 Å². The standard InChI is InChI=1S/C8H17BO4/c1-10-4-5-6(11-2)7(12-3)8(9)13-5/h5-8H,4,9H2,1-3H3/t5-,6?,7+,8-/m1/s1. The molecule has 0 aliphatic carbocycles. The fraction of sp³-hybridized carbons (Fsp3) is 1.00. The molecule has 1 rings (SSSR count). The van der Waals surface area contributed by atoms with Crippen molar-refractivity contribution in [2.75, 3.05) is 27.9 Å². The number of rotatable bonds is 4. The van der Waals surface area contributed by atoms with Crippen LogP contribution in [-0.2, 0) is 18.9 Å². The van der Waals surface area contributed by atoms with Gasteiger partial charge in [-0.3, -0.25) is 0 Å². The molecule has 5 heteroatoms. The smallest absolute Gasteiger partial charge is 0.142 e. The fourth-order valence-corrected chi connectivity index (χ4v) is 1.82. The van der Waals surface area contributed by atoms with Crippen molar-refractivity contribution in [3.8, 4) is 0 Å². The molecule has 0 aromatic rings. The van der Waals surface area contributed by atoms with Crippen molar-refractivity contribution in [1.29, 1.82) is 0 Å². The summed E-state index contributed by atoms with van der Waals surface area (Å²) >= 11 is 0. The Hall–Kier alpha value is -0.0951. The molecule has 0 amide bonds. The van der Waals surface area contributed by atoms with Gasteiger partial charge in [0, 0.05) is 21.3 Å². The summed E-state index contributed by atoms with van der Waals surface area (Å²) in [5.41, 5.74) is 0. The Morgan fingerprint density at radius 1 is 1.15 bits per heavy atom. The van der Waals surface area contributed by atoms with Crippen molar-refractivity contribution in [3.05, 3.63) is 0 Å². The first-order valence-electron chi connectivity index (χ1n) is 4.44. The molecule has 1 unspecified atom stereocenters. The second-order valence-corrected chi connectivity index (χ2v) is 3.24. The Morgan fingerprint density at radius 2 is 1.77 bits per heavy atom. The zero-order valence-corrected chi connectivity index (χ0v) is 8.65. The van der Waals surface area contributed by atoms with Crippen LogP contribution < -0.4 is 0 Å². The molecule has 0 aromatic carbocycles. The van der Waals surface area contributed by atoms with Gasteiger partial charge >= 0.3 is 0 Å². The molecule has 0 N–H and O–H groups in total. The van der Waals surface area contributed by atoms with E-state index in [1.165, 1.54) is 0 Å². The van der Waals surface area contributed by atoms with Crippen LogP contribution in [0, 0.1) is 0 Å². The molecule has 13 heavy (non-hydrogen) atoms. The van der Waals surface area contributed by atoms with Gasteiger partial charge in [0.25, 0.3) is 0 Å². The third-order valence-corrected chi connectivity index (χ3v) is 2.42. The van der Waals surface area contributed by atoms with Crippen molar-refractivity contribution in [2.24, 2.45) is 0 Å². The number of hydrogen-bond acceptors (Lipinski definition) is 4. The molecule has 4 nitrogen and oxygen atoms in total. The molecule has 1 aliphatic heterocycles. The van der Waals surface area contributed by atoms with E-state index in [1.54, 1.807) is 21.3 Å². The molecule has 0 aromatic heterocycles. The number of hydrogen-bond donors (Lipinski definition) is 0. The molecule has 0 spiro atoms. The molecule has 1 heterocycles. The van der Waals surface area contributed by atoms with Crippen molar-refractivity contribution >= 4 is 7.85 Å². The van der Waals surface area contributed by atoms with Crippen LogP contribution in [0.4, 0.5) is 0 Å². The Kier molecular flexibility index (Phi) is 4.19. The van der Waals surface area contributed by atoms with Crippen LogP contribution in [0.15, 0.2) is 0 Å². The zero-order valence-electron chi connectivity index (χ0n) is 8.65. The predicted octanol–water partition coefficient (Wildman–Crippen LogP) is -0.979. The Labute approximate surface area is 79.9 Å². The van der Waals surface area contributed by atoms with Gasteiger partial charge in [-0.05, 0) is 0 Å². The van der Waals surface area contributed by atoms with Gasteiger partial charge in [0.1, 0.15) is 26.2 Å². The summed E-state index contributed by atoms with van der Waals surface area (Å²) in [7, 11) is 6.98. The van der Waals surface area contributed by atoms with Crippen LogP contribution in [-0.4, -0.2) is 60.1 Å². The lowest BCUT2D eigenvalue weighted by molar-refractivity contribution is -0.0463. The van der Waals surface area contributed by atoms with E-state index in [0.717, 1.165) is 0 Å². The Bertz CT molecular complexity index is 155. The van der Waals surface area contributed by atoms with Gasteiger partial charge in [-0.2, -0.15) is 0 Å². The Morgan fingerprint density at radius 3 is 2.23 bits per heavy atom. The normalized spacial score (nSPS) is 39.6. The quantitative estimate of drug-likeness (QED) is 0.531. The van der Waals surface area contributed by atoms with E-state index < -0.39 is 0 Å². The van der Waals surface area contributed by atoms with E-state index in [0.29, 0.717) is 6.61 Å². The van der Waals surface area contributed by atoms with Gasteiger partial charge in [0.15, 0.2) is 0 Å². The minimum atomic E-state index is -0.0278. The monoisotopic (exact) mass is 188 g/mol. The summed E-state index contributed by atoms with van der Waals surface area (Å²) in [4.78, 5) is 0. The van der Waals surface area contributed by atoms with Crippen LogP contribution in [0.2, 0.25) is 0 Å². The summed E-state index contributed by atoms with van der Waals surface area (Å²) in [6.45, 7) is 0.544. The molecule has 1 fully saturated rings. The summed E-state index contributed by atoms with van der Waals surface area (Å²) in [6.07, 6.45) is -0.0416. The van der Waals surface area contributed by atoms with E-state index >= 15 is 0 Å². The molecule has 0 saturated carbocycles. The minimum absolute atomic E-state index is 0.00477. The lowest BCUT2D eigenvalue weighted by Crippen LogP contribution is -2.37.